The van der Waals surface area contributed by atoms with E-state index in [9.17, 15) is 0 Å². The predicted octanol–water partition coefficient (Wildman–Crippen LogP) is 1.82. The Kier molecular flexibility index (Phi) is 18.9. The summed E-state index contributed by atoms with van der Waals surface area (Å²) in [7, 11) is -2.86. The van der Waals surface area contributed by atoms with Crippen LogP contribution in [-0.4, -0.2) is 4.57 Å². The van der Waals surface area contributed by atoms with Gasteiger partial charge in [0.05, 0.1) is 13.6 Å². The Hall–Kier alpha value is -0.660. The molecule has 7 heteroatoms. The molecular weight excluding hydrogens is 392 g/mol. The van der Waals surface area contributed by atoms with E-state index < -0.39 is 10.2 Å². The van der Waals surface area contributed by atoms with E-state index in [1.54, 1.807) is 0 Å². The van der Waals surface area contributed by atoms with Crippen LogP contribution < -0.4 is 23.2 Å². The van der Waals surface area contributed by atoms with Gasteiger partial charge in [-0.3, -0.25) is 0 Å². The lowest BCUT2D eigenvalue weighted by Crippen LogP contribution is -2.68. The highest BCUT2D eigenvalue weighted by Gasteiger charge is 1.99. The molecule has 1 aromatic rings. The number of hydrogen-bond donors (Lipinski definition) is 0. The van der Waals surface area contributed by atoms with E-state index in [4.69, 9.17) is 18.6 Å². The maximum Gasteiger partial charge on any atom is 0.243 e. The summed E-state index contributed by atoms with van der Waals surface area (Å²) in [5, 5.41) is 0. The average Bonchev–Trinajstić information content (AvgIpc) is 3.05. The van der Waals surface area contributed by atoms with E-state index in [2.05, 4.69) is 41.8 Å². The van der Waals surface area contributed by atoms with E-state index >= 15 is 0 Å². The van der Waals surface area contributed by atoms with Crippen LogP contribution in [0.5, 0.6) is 0 Å². The molecule has 0 saturated carbocycles. The summed E-state index contributed by atoms with van der Waals surface area (Å²) in [5.41, 5.74) is 0. The van der Waals surface area contributed by atoms with Gasteiger partial charge in [-0.1, -0.05) is 96.8 Å². The van der Waals surface area contributed by atoms with Crippen molar-refractivity contribution in [2.75, 3.05) is 0 Å². The van der Waals surface area contributed by atoms with Crippen molar-refractivity contribution in [1.29, 1.82) is 0 Å². The van der Waals surface area contributed by atoms with E-state index in [0.29, 0.717) is 0 Å². The predicted molar refractivity (Wildman–Crippen MR) is 105 cm³/mol. The highest BCUT2D eigenvalue weighted by atomic mass is 35.7. The Morgan fingerprint density at radius 1 is 0.655 bits per heavy atom. The summed E-state index contributed by atoms with van der Waals surface area (Å²) < 4.78 is 38.4. The van der Waals surface area contributed by atoms with Crippen molar-refractivity contribution in [3.8, 4) is 0 Å². The van der Waals surface area contributed by atoms with Crippen LogP contribution >= 0.6 is 0 Å². The minimum absolute atomic E-state index is 1.18. The molecule has 0 spiro atoms. The second-order valence-electron chi connectivity index (χ2n) is 8.00. The highest BCUT2D eigenvalue weighted by Crippen LogP contribution is 2.13. The Morgan fingerprint density at radius 3 is 1.31 bits per heavy atom. The van der Waals surface area contributed by atoms with Gasteiger partial charge >= 0.3 is 0 Å². The summed E-state index contributed by atoms with van der Waals surface area (Å²) >= 11 is 0. The van der Waals surface area contributed by atoms with Crippen LogP contribution in [0.15, 0.2) is 18.7 Å². The molecule has 0 N–H and O–H groups in total. The van der Waals surface area contributed by atoms with Gasteiger partial charge in [0.25, 0.3) is 0 Å². The largest absolute Gasteiger partial charge is 0.243 e. The normalized spacial score (nSPS) is 11.4. The molecule has 0 amide bonds. The second-order valence-corrected chi connectivity index (χ2v) is 8.75. The van der Waals surface area contributed by atoms with Crippen molar-refractivity contribution in [1.82, 2.24) is 4.57 Å². The van der Waals surface area contributed by atoms with Gasteiger partial charge < -0.3 is 0 Å². The zero-order valence-corrected chi connectivity index (χ0v) is 19.4. The second kappa shape index (κ2) is 19.3. The maximum atomic E-state index is 8.49. The maximum absolute atomic E-state index is 8.49. The van der Waals surface area contributed by atoms with Gasteiger partial charge in [-0.15, -0.1) is 10.2 Å². The van der Waals surface area contributed by atoms with Gasteiger partial charge in [0.2, 0.25) is 6.33 Å². The van der Waals surface area contributed by atoms with Gasteiger partial charge in [-0.05, 0) is 12.8 Å². The fraction of sp³-hybridized carbons (Fsp3) is 0.864. The van der Waals surface area contributed by atoms with Gasteiger partial charge in [0.15, 0.2) is 0 Å². The van der Waals surface area contributed by atoms with E-state index in [-0.39, 0.29) is 0 Å². The van der Waals surface area contributed by atoms with Crippen LogP contribution in [0, 0.1) is 10.2 Å². The number of hydrogen-bond acceptors (Lipinski definition) is 4. The van der Waals surface area contributed by atoms with Crippen molar-refractivity contribution in [2.24, 2.45) is 7.05 Å². The molecule has 1 aromatic heterocycles. The number of unbranched alkanes of at least 4 members (excludes halogenated alkanes) is 15. The van der Waals surface area contributed by atoms with Gasteiger partial charge in [0, 0.05) is 0 Å². The lowest BCUT2D eigenvalue weighted by molar-refractivity contribution is -2.00. The fourth-order valence-electron chi connectivity index (χ4n) is 3.48. The van der Waals surface area contributed by atoms with Crippen LogP contribution in [0.4, 0.5) is 0 Å². The van der Waals surface area contributed by atoms with Crippen LogP contribution in [-0.2, 0) is 13.6 Å². The van der Waals surface area contributed by atoms with Crippen molar-refractivity contribution in [3.05, 3.63) is 18.7 Å². The third kappa shape index (κ3) is 25.3. The molecule has 0 saturated heterocycles. The summed E-state index contributed by atoms with van der Waals surface area (Å²) in [4.78, 5) is 0. The molecule has 0 bridgehead atoms. The third-order valence-electron chi connectivity index (χ3n) is 5.09. The van der Waals surface area contributed by atoms with Crippen molar-refractivity contribution in [2.45, 2.75) is 116 Å². The average molecular weight is 435 g/mol. The molecule has 0 aliphatic rings. The first kappa shape index (κ1) is 28.3. The zero-order chi connectivity index (χ0) is 21.8. The highest BCUT2D eigenvalue weighted by molar-refractivity contribution is 4.65. The van der Waals surface area contributed by atoms with Crippen molar-refractivity contribution < 1.29 is 33.4 Å². The molecule has 0 atom stereocenters. The van der Waals surface area contributed by atoms with Crippen LogP contribution in [0.1, 0.15) is 110 Å². The van der Waals surface area contributed by atoms with Crippen LogP contribution in [0.3, 0.4) is 0 Å². The van der Waals surface area contributed by atoms with Crippen molar-refractivity contribution >= 4 is 0 Å². The molecular formula is C22H43ClN2O4. The van der Waals surface area contributed by atoms with Gasteiger partial charge in [-0.2, -0.15) is 0 Å². The zero-order valence-electron chi connectivity index (χ0n) is 18.7. The quantitative estimate of drug-likeness (QED) is 0.275. The summed E-state index contributed by atoms with van der Waals surface area (Å²) in [6, 6.07) is 0. The molecule has 172 valence electrons. The Balaban J connectivity index is 0.00000139. The number of rotatable bonds is 17. The smallest absolute Gasteiger partial charge is 0.240 e. The first-order valence-electron chi connectivity index (χ1n) is 11.5. The standard InChI is InChI=1S/C22H43N2.ClHO4/c1-3-4-5-6-7-8-9-10-11-12-13-14-15-16-17-18-19-24-21-20-23(2)22-24;2-1(3,4)5/h20-22H,3-19H2,1-2H3;(H,2,3,4,5)/q+1;/p-1. The number of nitrogens with zero attached hydrogens (tertiary/aromatic N) is 2. The SMILES string of the molecule is CCCCCCCCCCCCCCCCCCn1cc[n+](C)c1.[O-][Cl+3]([O-])([O-])[O-]. The summed E-state index contributed by atoms with van der Waals surface area (Å²) in [6.45, 7) is 3.48. The lowest BCUT2D eigenvalue weighted by atomic mass is 10.0. The van der Waals surface area contributed by atoms with Crippen molar-refractivity contribution in [3.63, 3.8) is 0 Å². The first-order chi connectivity index (χ1) is 13.8. The number of imidazole rings is 1. The van der Waals surface area contributed by atoms with Gasteiger partial charge in [-0.25, -0.2) is 27.8 Å². The minimum Gasteiger partial charge on any atom is -0.240 e. The van der Waals surface area contributed by atoms with E-state index in [1.165, 1.54) is 109 Å². The number of aromatic nitrogens is 2. The molecule has 6 nitrogen and oxygen atoms in total. The molecule has 0 aliphatic heterocycles. The van der Waals surface area contributed by atoms with Gasteiger partial charge in [0.1, 0.15) is 12.4 Å². The van der Waals surface area contributed by atoms with Crippen LogP contribution in [0.25, 0.3) is 0 Å². The Morgan fingerprint density at radius 2 is 1.00 bits per heavy atom. The van der Waals surface area contributed by atoms with E-state index in [1.807, 2.05) is 0 Å². The lowest BCUT2D eigenvalue weighted by Gasteiger charge is -2.17. The molecule has 1 heterocycles. The molecule has 1 rings (SSSR count). The number of halogens is 1. The Bertz CT molecular complexity index is 458. The number of aryl methyl sites for hydroxylation is 2. The molecule has 0 aromatic carbocycles. The molecule has 0 aliphatic carbocycles. The molecule has 29 heavy (non-hydrogen) atoms. The first-order valence-corrected chi connectivity index (χ1v) is 12.7. The topological polar surface area (TPSA) is 101 Å². The molecule has 0 fully saturated rings. The minimum atomic E-state index is -4.94. The summed E-state index contributed by atoms with van der Waals surface area (Å²) in [5.74, 6) is 0. The Labute approximate surface area is 180 Å². The van der Waals surface area contributed by atoms with Crippen LogP contribution in [0.2, 0.25) is 0 Å². The molecule has 0 unspecified atom stereocenters. The third-order valence-corrected chi connectivity index (χ3v) is 5.09. The van der Waals surface area contributed by atoms with E-state index in [0.717, 1.165) is 0 Å². The summed E-state index contributed by atoms with van der Waals surface area (Å²) in [6.07, 6.45) is 29.5. The fourth-order valence-corrected chi connectivity index (χ4v) is 3.48. The molecule has 0 radical (unpaired) electrons. The monoisotopic (exact) mass is 434 g/mol.